The zero-order valence-corrected chi connectivity index (χ0v) is 15.8. The van der Waals surface area contributed by atoms with Crippen LogP contribution >= 0.6 is 15.9 Å². The first-order valence-electron chi connectivity index (χ1n) is 8.07. The lowest BCUT2D eigenvalue weighted by Crippen LogP contribution is -2.34. The lowest BCUT2D eigenvalue weighted by Gasteiger charge is -2.25. The molecule has 0 radical (unpaired) electrons. The highest BCUT2D eigenvalue weighted by atomic mass is 79.9. The number of nitrogens with zero attached hydrogens (tertiary/aromatic N) is 1. The number of carbonyl (C=O) groups excluding carboxylic acids is 1. The number of halogens is 1. The number of benzene rings is 2. The number of hydrogen-bond donors (Lipinski definition) is 0. The van der Waals surface area contributed by atoms with Gasteiger partial charge in [0.15, 0.2) is 0 Å². The third-order valence-corrected chi connectivity index (χ3v) is 6.04. The van der Waals surface area contributed by atoms with E-state index in [4.69, 9.17) is 0 Å². The average molecular weight is 406 g/mol. The second-order valence-corrected chi connectivity index (χ2v) is 8.38. The number of rotatable bonds is 5. The van der Waals surface area contributed by atoms with Crippen LogP contribution in [0.4, 0.5) is 0 Å². The van der Waals surface area contributed by atoms with E-state index in [0.29, 0.717) is 5.75 Å². The maximum Gasteiger partial charge on any atom is 0.235 e. The Bertz CT molecular complexity index is 718. The van der Waals surface area contributed by atoms with Gasteiger partial charge in [0, 0.05) is 27.6 Å². The molecule has 2 aromatic rings. The van der Waals surface area contributed by atoms with E-state index in [-0.39, 0.29) is 17.7 Å². The Morgan fingerprint density at radius 2 is 1.83 bits per heavy atom. The van der Waals surface area contributed by atoms with E-state index < -0.39 is 10.8 Å². The van der Waals surface area contributed by atoms with Crippen LogP contribution in [0.15, 0.2) is 59.1 Å². The molecule has 3 nitrogen and oxygen atoms in total. The van der Waals surface area contributed by atoms with Crippen LogP contribution in [0.1, 0.15) is 30.0 Å². The topological polar surface area (TPSA) is 37.4 Å². The molecule has 2 atom stereocenters. The molecule has 1 saturated heterocycles. The lowest BCUT2D eigenvalue weighted by molar-refractivity contribution is -0.129. The summed E-state index contributed by atoms with van der Waals surface area (Å²) >= 11 is 3.39. The summed E-state index contributed by atoms with van der Waals surface area (Å²) in [5.74, 6) is 0.513. The predicted molar refractivity (Wildman–Crippen MR) is 101 cm³/mol. The van der Waals surface area contributed by atoms with Crippen LogP contribution in [0, 0.1) is 0 Å². The molecule has 3 rings (SSSR count). The molecule has 0 spiro atoms. The lowest BCUT2D eigenvalue weighted by atomic mass is 10.0. The quantitative estimate of drug-likeness (QED) is 0.751. The van der Waals surface area contributed by atoms with Gasteiger partial charge in [0.05, 0.1) is 6.04 Å². The van der Waals surface area contributed by atoms with Crippen molar-refractivity contribution < 1.29 is 9.00 Å². The third kappa shape index (κ3) is 4.33. The van der Waals surface area contributed by atoms with E-state index in [1.807, 2.05) is 47.4 Å². The van der Waals surface area contributed by atoms with Gasteiger partial charge < -0.3 is 4.90 Å². The van der Waals surface area contributed by atoms with Crippen LogP contribution in [0.25, 0.3) is 0 Å². The first-order chi connectivity index (χ1) is 11.6. The molecule has 0 saturated carbocycles. The number of carbonyl (C=O) groups is 1. The maximum absolute atomic E-state index is 12.6. The minimum atomic E-state index is -1.18. The van der Waals surface area contributed by atoms with Gasteiger partial charge in [-0.25, -0.2) is 0 Å². The zero-order chi connectivity index (χ0) is 16.9. The molecule has 126 valence electrons. The standard InChI is InChI=1S/C19H20BrNO2S/c20-17-10-8-15(9-11-17)13-24(23)14-19(22)21-12-4-7-18(21)16-5-2-1-3-6-16/h1-3,5-6,8-11,18H,4,7,12-14H2/t18-,24+/m0/s1. The van der Waals surface area contributed by atoms with Crippen LogP contribution in [0.2, 0.25) is 0 Å². The summed E-state index contributed by atoms with van der Waals surface area (Å²) in [6, 6.07) is 18.0. The summed E-state index contributed by atoms with van der Waals surface area (Å²) in [5, 5.41) is 0. The molecule has 1 fully saturated rings. The van der Waals surface area contributed by atoms with E-state index >= 15 is 0 Å². The Labute approximate surface area is 153 Å². The molecule has 0 aliphatic carbocycles. The molecule has 24 heavy (non-hydrogen) atoms. The van der Waals surface area contributed by atoms with Gasteiger partial charge in [0.1, 0.15) is 5.75 Å². The average Bonchev–Trinajstić information content (AvgIpc) is 3.07. The van der Waals surface area contributed by atoms with Crippen molar-refractivity contribution in [2.75, 3.05) is 12.3 Å². The zero-order valence-electron chi connectivity index (χ0n) is 13.4. The van der Waals surface area contributed by atoms with Crippen LogP contribution in [0.5, 0.6) is 0 Å². The molecule has 1 aliphatic heterocycles. The molecule has 2 aromatic carbocycles. The van der Waals surface area contributed by atoms with Crippen molar-refractivity contribution in [3.8, 4) is 0 Å². The second kappa shape index (κ2) is 8.08. The van der Waals surface area contributed by atoms with Gasteiger partial charge in [-0.15, -0.1) is 0 Å². The Kier molecular flexibility index (Phi) is 5.85. The molecular formula is C19H20BrNO2S. The molecule has 0 N–H and O–H groups in total. The molecule has 0 unspecified atom stereocenters. The monoisotopic (exact) mass is 405 g/mol. The van der Waals surface area contributed by atoms with Crippen LogP contribution < -0.4 is 0 Å². The summed E-state index contributed by atoms with van der Waals surface area (Å²) in [7, 11) is -1.18. The summed E-state index contributed by atoms with van der Waals surface area (Å²) in [6.45, 7) is 0.758. The third-order valence-electron chi connectivity index (χ3n) is 4.28. The summed E-state index contributed by atoms with van der Waals surface area (Å²) < 4.78 is 13.4. The Balaban J connectivity index is 1.61. The summed E-state index contributed by atoms with van der Waals surface area (Å²) in [6.07, 6.45) is 1.99. The van der Waals surface area contributed by atoms with E-state index in [1.165, 1.54) is 5.56 Å². The number of hydrogen-bond acceptors (Lipinski definition) is 2. The number of likely N-dealkylation sites (tertiary alicyclic amines) is 1. The highest BCUT2D eigenvalue weighted by Gasteiger charge is 2.30. The Morgan fingerprint density at radius 3 is 2.54 bits per heavy atom. The Morgan fingerprint density at radius 1 is 1.12 bits per heavy atom. The minimum absolute atomic E-state index is 0.00296. The predicted octanol–water partition coefficient (Wildman–Crippen LogP) is 4.06. The molecule has 1 aliphatic rings. The molecule has 5 heteroatoms. The van der Waals surface area contributed by atoms with Crippen molar-refractivity contribution in [2.45, 2.75) is 24.6 Å². The summed E-state index contributed by atoms with van der Waals surface area (Å²) in [4.78, 5) is 14.5. The van der Waals surface area contributed by atoms with E-state index in [2.05, 4.69) is 28.1 Å². The van der Waals surface area contributed by atoms with Crippen LogP contribution in [0.3, 0.4) is 0 Å². The second-order valence-electron chi connectivity index (χ2n) is 6.01. The van der Waals surface area contributed by atoms with Crippen molar-refractivity contribution >= 4 is 32.6 Å². The molecule has 1 heterocycles. The van der Waals surface area contributed by atoms with Gasteiger partial charge in [0.25, 0.3) is 0 Å². The fourth-order valence-electron chi connectivity index (χ4n) is 3.13. The first kappa shape index (κ1) is 17.4. The highest BCUT2D eigenvalue weighted by Crippen LogP contribution is 2.31. The van der Waals surface area contributed by atoms with Crippen molar-refractivity contribution in [1.82, 2.24) is 4.90 Å². The van der Waals surface area contributed by atoms with Crippen molar-refractivity contribution in [1.29, 1.82) is 0 Å². The van der Waals surface area contributed by atoms with Gasteiger partial charge >= 0.3 is 0 Å². The molecule has 0 bridgehead atoms. The highest BCUT2D eigenvalue weighted by molar-refractivity contribution is 9.10. The first-order valence-corrected chi connectivity index (χ1v) is 10.4. The van der Waals surface area contributed by atoms with Crippen LogP contribution in [-0.2, 0) is 21.3 Å². The number of amides is 1. The molecule has 1 amide bonds. The van der Waals surface area contributed by atoms with Gasteiger partial charge in [-0.3, -0.25) is 9.00 Å². The fourth-order valence-corrected chi connectivity index (χ4v) is 4.50. The van der Waals surface area contributed by atoms with Gasteiger partial charge in [-0.1, -0.05) is 58.4 Å². The smallest absolute Gasteiger partial charge is 0.235 e. The van der Waals surface area contributed by atoms with E-state index in [0.717, 1.165) is 29.4 Å². The van der Waals surface area contributed by atoms with Crippen molar-refractivity contribution in [3.63, 3.8) is 0 Å². The molecular weight excluding hydrogens is 386 g/mol. The minimum Gasteiger partial charge on any atom is -0.335 e. The van der Waals surface area contributed by atoms with Gasteiger partial charge in [0.2, 0.25) is 5.91 Å². The van der Waals surface area contributed by atoms with Crippen LogP contribution in [-0.4, -0.2) is 27.3 Å². The fraction of sp³-hybridized carbons (Fsp3) is 0.316. The summed E-state index contributed by atoms with van der Waals surface area (Å²) in [5.41, 5.74) is 2.16. The Hall–Kier alpha value is -1.46. The van der Waals surface area contributed by atoms with E-state index in [9.17, 15) is 9.00 Å². The normalized spacial score (nSPS) is 18.5. The maximum atomic E-state index is 12.6. The van der Waals surface area contributed by atoms with Crippen molar-refractivity contribution in [2.24, 2.45) is 0 Å². The van der Waals surface area contributed by atoms with E-state index in [1.54, 1.807) is 0 Å². The van der Waals surface area contributed by atoms with Gasteiger partial charge in [-0.05, 0) is 36.1 Å². The largest absolute Gasteiger partial charge is 0.335 e. The SMILES string of the molecule is O=C(C[S@](=O)Cc1ccc(Br)cc1)N1CCC[C@H]1c1ccccc1. The van der Waals surface area contributed by atoms with Gasteiger partial charge in [-0.2, -0.15) is 0 Å². The van der Waals surface area contributed by atoms with Crippen molar-refractivity contribution in [3.05, 3.63) is 70.2 Å². The molecule has 0 aromatic heterocycles.